The number of methoxy groups -OCH3 is 1. The van der Waals surface area contributed by atoms with Crippen LogP contribution in [0.2, 0.25) is 0 Å². The quantitative estimate of drug-likeness (QED) is 0.804. The molecule has 0 radical (unpaired) electrons. The van der Waals surface area contributed by atoms with Crippen molar-refractivity contribution in [2.75, 3.05) is 7.11 Å². The van der Waals surface area contributed by atoms with Crippen LogP contribution in [0.25, 0.3) is 0 Å². The molecule has 0 N–H and O–H groups in total. The molecule has 0 atom stereocenters. The largest absolute Gasteiger partial charge is 0.464 e. The van der Waals surface area contributed by atoms with E-state index in [0.29, 0.717) is 24.5 Å². The van der Waals surface area contributed by atoms with E-state index in [0.717, 1.165) is 12.8 Å². The summed E-state index contributed by atoms with van der Waals surface area (Å²) in [5.41, 5.74) is 0.867. The molecule has 0 spiro atoms. The molecule has 5 nitrogen and oxygen atoms in total. The molecular weight excluding hydrogens is 290 g/mol. The van der Waals surface area contributed by atoms with Crippen molar-refractivity contribution in [1.29, 1.82) is 0 Å². The van der Waals surface area contributed by atoms with E-state index >= 15 is 0 Å². The van der Waals surface area contributed by atoms with Crippen LogP contribution in [0.4, 0.5) is 0 Å². The molecule has 1 aromatic rings. The highest BCUT2D eigenvalue weighted by molar-refractivity contribution is 7.92. The van der Waals surface area contributed by atoms with Crippen LogP contribution in [0.3, 0.4) is 0 Å². The van der Waals surface area contributed by atoms with Crippen molar-refractivity contribution in [2.24, 2.45) is 13.0 Å². The number of rotatable bonds is 3. The Bertz CT molecular complexity index is 637. The van der Waals surface area contributed by atoms with Crippen molar-refractivity contribution < 1.29 is 17.9 Å². The summed E-state index contributed by atoms with van der Waals surface area (Å²) in [7, 11) is -0.411. The zero-order valence-electron chi connectivity index (χ0n) is 13.0. The molecule has 0 unspecified atom stereocenters. The molecule has 21 heavy (non-hydrogen) atoms. The van der Waals surface area contributed by atoms with Gasteiger partial charge in [-0.3, -0.25) is 0 Å². The Kier molecular flexibility index (Phi) is 4.46. The van der Waals surface area contributed by atoms with Gasteiger partial charge in [-0.1, -0.05) is 6.92 Å². The first-order chi connectivity index (χ1) is 9.78. The van der Waals surface area contributed by atoms with Crippen molar-refractivity contribution in [3.8, 4) is 0 Å². The van der Waals surface area contributed by atoms with Crippen molar-refractivity contribution in [1.82, 2.24) is 4.57 Å². The van der Waals surface area contributed by atoms with Gasteiger partial charge >= 0.3 is 5.97 Å². The molecule has 1 saturated carbocycles. The van der Waals surface area contributed by atoms with Gasteiger partial charge in [0.25, 0.3) is 0 Å². The molecule has 0 aromatic carbocycles. The van der Waals surface area contributed by atoms with Gasteiger partial charge in [0.05, 0.1) is 17.3 Å². The summed E-state index contributed by atoms with van der Waals surface area (Å²) in [6, 6.07) is 1.45. The molecular formula is C15H23NO4S. The standard InChI is InChI=1S/C15H23NO4S/c1-10-5-7-12(8-6-10)21(18,19)14-9-13(15(17)20-4)16(3)11(14)2/h9-10,12H,5-8H2,1-4H3. The summed E-state index contributed by atoms with van der Waals surface area (Å²) in [4.78, 5) is 12.0. The summed E-state index contributed by atoms with van der Waals surface area (Å²) in [6.07, 6.45) is 3.29. The second-order valence-electron chi connectivity index (χ2n) is 5.96. The van der Waals surface area contributed by atoms with Gasteiger partial charge in [-0.05, 0) is 44.6 Å². The molecule has 0 aliphatic heterocycles. The average Bonchev–Trinajstić information content (AvgIpc) is 2.75. The third kappa shape index (κ3) is 2.86. The van der Waals surface area contributed by atoms with Crippen LogP contribution < -0.4 is 0 Å². The van der Waals surface area contributed by atoms with Gasteiger partial charge < -0.3 is 9.30 Å². The fourth-order valence-corrected chi connectivity index (χ4v) is 5.06. The topological polar surface area (TPSA) is 65.4 Å². The lowest BCUT2D eigenvalue weighted by Gasteiger charge is -2.25. The Balaban J connectivity index is 2.39. The Morgan fingerprint density at radius 1 is 1.29 bits per heavy atom. The van der Waals surface area contributed by atoms with Gasteiger partial charge in [0, 0.05) is 12.7 Å². The molecule has 1 aromatic heterocycles. The lowest BCUT2D eigenvalue weighted by atomic mass is 9.91. The number of carbonyl (C=O) groups excluding carboxylic acids is 1. The fourth-order valence-electron chi connectivity index (χ4n) is 2.98. The molecule has 1 heterocycles. The highest BCUT2D eigenvalue weighted by atomic mass is 32.2. The van der Waals surface area contributed by atoms with Crippen LogP contribution in [0.15, 0.2) is 11.0 Å². The van der Waals surface area contributed by atoms with Gasteiger partial charge in [0.15, 0.2) is 9.84 Å². The van der Waals surface area contributed by atoms with E-state index in [1.807, 2.05) is 0 Å². The Labute approximate surface area is 126 Å². The van der Waals surface area contributed by atoms with Crippen molar-refractivity contribution >= 4 is 15.8 Å². The molecule has 118 valence electrons. The molecule has 0 saturated heterocycles. The number of carbonyl (C=O) groups is 1. The summed E-state index contributed by atoms with van der Waals surface area (Å²) in [5.74, 6) is 0.0817. The summed E-state index contributed by atoms with van der Waals surface area (Å²) >= 11 is 0. The Morgan fingerprint density at radius 2 is 1.86 bits per heavy atom. The number of esters is 1. The number of hydrogen-bond acceptors (Lipinski definition) is 4. The molecule has 6 heteroatoms. The summed E-state index contributed by atoms with van der Waals surface area (Å²) in [5, 5.41) is -0.333. The first-order valence-corrected chi connectivity index (χ1v) is 8.82. The van der Waals surface area contributed by atoms with Crippen LogP contribution >= 0.6 is 0 Å². The third-order valence-corrected chi connectivity index (χ3v) is 6.97. The van der Waals surface area contributed by atoms with Crippen molar-refractivity contribution in [3.63, 3.8) is 0 Å². The van der Waals surface area contributed by atoms with E-state index in [2.05, 4.69) is 6.92 Å². The van der Waals surface area contributed by atoms with Crippen LogP contribution in [-0.4, -0.2) is 31.3 Å². The predicted octanol–water partition coefficient (Wildman–Crippen LogP) is 2.47. The zero-order chi connectivity index (χ0) is 15.8. The SMILES string of the molecule is COC(=O)c1cc(S(=O)(=O)C2CCC(C)CC2)c(C)n1C. The van der Waals surface area contributed by atoms with E-state index in [-0.39, 0.29) is 15.8 Å². The van der Waals surface area contributed by atoms with Gasteiger partial charge in [-0.15, -0.1) is 0 Å². The highest BCUT2D eigenvalue weighted by Gasteiger charge is 2.34. The minimum Gasteiger partial charge on any atom is -0.464 e. The number of aromatic nitrogens is 1. The van der Waals surface area contributed by atoms with E-state index in [4.69, 9.17) is 4.74 Å². The second-order valence-corrected chi connectivity index (χ2v) is 8.15. The lowest BCUT2D eigenvalue weighted by Crippen LogP contribution is -2.26. The Morgan fingerprint density at radius 3 is 2.38 bits per heavy atom. The molecule has 1 fully saturated rings. The number of nitrogens with zero attached hydrogens (tertiary/aromatic N) is 1. The number of sulfone groups is 1. The van der Waals surface area contributed by atoms with E-state index in [9.17, 15) is 13.2 Å². The minimum absolute atomic E-state index is 0.268. The highest BCUT2D eigenvalue weighted by Crippen LogP contribution is 2.33. The van der Waals surface area contributed by atoms with Crippen molar-refractivity contribution in [2.45, 2.75) is 49.7 Å². The van der Waals surface area contributed by atoms with Crippen LogP contribution in [0, 0.1) is 12.8 Å². The van der Waals surface area contributed by atoms with Gasteiger partial charge in [0.2, 0.25) is 0 Å². The molecule has 0 amide bonds. The van der Waals surface area contributed by atoms with E-state index in [1.165, 1.54) is 13.2 Å². The second kappa shape index (κ2) is 5.83. The normalized spacial score (nSPS) is 23.0. The summed E-state index contributed by atoms with van der Waals surface area (Å²) < 4.78 is 31.9. The maximum Gasteiger partial charge on any atom is 0.354 e. The van der Waals surface area contributed by atoms with Gasteiger partial charge in [-0.25, -0.2) is 13.2 Å². The fraction of sp³-hybridized carbons (Fsp3) is 0.667. The van der Waals surface area contributed by atoms with E-state index in [1.54, 1.807) is 18.5 Å². The predicted molar refractivity (Wildman–Crippen MR) is 80.1 cm³/mol. The van der Waals surface area contributed by atoms with Crippen molar-refractivity contribution in [3.05, 3.63) is 17.5 Å². The maximum atomic E-state index is 12.8. The monoisotopic (exact) mass is 313 g/mol. The Hall–Kier alpha value is -1.30. The van der Waals surface area contributed by atoms with Crippen LogP contribution in [-0.2, 0) is 21.6 Å². The smallest absolute Gasteiger partial charge is 0.354 e. The molecule has 0 bridgehead atoms. The third-order valence-electron chi connectivity index (χ3n) is 4.59. The summed E-state index contributed by atoms with van der Waals surface area (Å²) in [6.45, 7) is 3.89. The lowest BCUT2D eigenvalue weighted by molar-refractivity contribution is 0.0589. The molecule has 1 aliphatic carbocycles. The average molecular weight is 313 g/mol. The first-order valence-electron chi connectivity index (χ1n) is 7.27. The van der Waals surface area contributed by atoms with E-state index < -0.39 is 15.8 Å². The molecule has 2 rings (SSSR count). The first kappa shape index (κ1) is 16.1. The van der Waals surface area contributed by atoms with Gasteiger partial charge in [0.1, 0.15) is 5.69 Å². The van der Waals surface area contributed by atoms with Crippen LogP contribution in [0.5, 0.6) is 0 Å². The maximum absolute atomic E-state index is 12.8. The zero-order valence-corrected chi connectivity index (χ0v) is 13.9. The molecule has 1 aliphatic rings. The number of ether oxygens (including phenoxy) is 1. The van der Waals surface area contributed by atoms with Crippen LogP contribution in [0.1, 0.15) is 48.8 Å². The minimum atomic E-state index is -3.39. The van der Waals surface area contributed by atoms with Gasteiger partial charge in [-0.2, -0.15) is 0 Å². The number of hydrogen-bond donors (Lipinski definition) is 0.